The number of halogens is 1. The van der Waals surface area contributed by atoms with Crippen molar-refractivity contribution in [1.29, 1.82) is 0 Å². The first-order valence-corrected chi connectivity index (χ1v) is 9.54. The van der Waals surface area contributed by atoms with Gasteiger partial charge in [0, 0.05) is 19.3 Å². The zero-order valence-electron chi connectivity index (χ0n) is 16.0. The van der Waals surface area contributed by atoms with Crippen LogP contribution >= 0.6 is 11.6 Å². The second-order valence-electron chi connectivity index (χ2n) is 8.16. The normalized spacial score (nSPS) is 20.1. The number of nitrogens with zero attached hydrogens (tertiary/aromatic N) is 3. The number of aromatic nitrogens is 1. The van der Waals surface area contributed by atoms with E-state index in [4.69, 9.17) is 21.1 Å². The van der Waals surface area contributed by atoms with Gasteiger partial charge in [-0.05, 0) is 45.7 Å². The van der Waals surface area contributed by atoms with E-state index in [1.54, 1.807) is 22.1 Å². The van der Waals surface area contributed by atoms with Crippen molar-refractivity contribution in [3.05, 3.63) is 29.0 Å². The SMILES string of the molecule is CC(C)(C)OC(=O)N1CCC2(CC1)CN(Cc1ccc(Cl)cn1)C(=O)CO2. The maximum Gasteiger partial charge on any atom is 0.410 e. The van der Waals surface area contributed by atoms with Gasteiger partial charge < -0.3 is 19.3 Å². The number of carbonyl (C=O) groups is 2. The third-order valence-electron chi connectivity index (χ3n) is 4.80. The van der Waals surface area contributed by atoms with E-state index < -0.39 is 11.2 Å². The summed E-state index contributed by atoms with van der Waals surface area (Å²) in [7, 11) is 0. The lowest BCUT2D eigenvalue weighted by atomic mass is 9.89. The number of hydrogen-bond acceptors (Lipinski definition) is 5. The summed E-state index contributed by atoms with van der Waals surface area (Å²) in [4.78, 5) is 32.3. The molecule has 0 aliphatic carbocycles. The molecule has 7 nitrogen and oxygen atoms in total. The molecule has 1 spiro atoms. The number of hydrogen-bond donors (Lipinski definition) is 0. The minimum absolute atomic E-state index is 0.0491. The maximum atomic E-state index is 12.3. The second-order valence-corrected chi connectivity index (χ2v) is 8.59. The molecule has 0 N–H and O–H groups in total. The zero-order valence-corrected chi connectivity index (χ0v) is 16.8. The van der Waals surface area contributed by atoms with Gasteiger partial charge in [0.15, 0.2) is 0 Å². The number of carbonyl (C=O) groups excluding carboxylic acids is 2. The summed E-state index contributed by atoms with van der Waals surface area (Å²) < 4.78 is 11.4. The molecule has 0 aromatic carbocycles. The average Bonchev–Trinajstić information content (AvgIpc) is 2.59. The molecule has 148 valence electrons. The Labute approximate surface area is 164 Å². The standard InChI is InChI=1S/C19H26ClN3O4/c1-18(2,3)27-17(25)22-8-6-19(7-9-22)13-23(16(24)12-26-19)11-15-5-4-14(20)10-21-15/h4-5,10H,6-9,11-13H2,1-3H3. The van der Waals surface area contributed by atoms with E-state index in [1.807, 2.05) is 26.8 Å². The van der Waals surface area contributed by atoms with Gasteiger partial charge in [0.25, 0.3) is 0 Å². The molecule has 0 atom stereocenters. The molecule has 2 fully saturated rings. The van der Waals surface area contributed by atoms with Crippen LogP contribution < -0.4 is 0 Å². The van der Waals surface area contributed by atoms with Crippen LogP contribution in [-0.2, 0) is 20.8 Å². The highest BCUT2D eigenvalue weighted by molar-refractivity contribution is 6.30. The van der Waals surface area contributed by atoms with E-state index in [1.165, 1.54) is 0 Å². The van der Waals surface area contributed by atoms with E-state index in [9.17, 15) is 9.59 Å². The lowest BCUT2D eigenvalue weighted by Gasteiger charge is -2.46. The molecule has 2 aliphatic heterocycles. The first-order valence-electron chi connectivity index (χ1n) is 9.16. The van der Waals surface area contributed by atoms with Gasteiger partial charge in [-0.15, -0.1) is 0 Å². The fourth-order valence-corrected chi connectivity index (χ4v) is 3.46. The Morgan fingerprint density at radius 1 is 1.33 bits per heavy atom. The van der Waals surface area contributed by atoms with Gasteiger partial charge in [0.1, 0.15) is 12.2 Å². The summed E-state index contributed by atoms with van der Waals surface area (Å²) >= 11 is 5.87. The number of ether oxygens (including phenoxy) is 2. The Kier molecular flexibility index (Phi) is 5.63. The van der Waals surface area contributed by atoms with Crippen LogP contribution in [0.15, 0.2) is 18.3 Å². The third kappa shape index (κ3) is 5.11. The van der Waals surface area contributed by atoms with Gasteiger partial charge in [-0.1, -0.05) is 11.6 Å². The van der Waals surface area contributed by atoms with Crippen molar-refractivity contribution in [3.63, 3.8) is 0 Å². The molecule has 0 unspecified atom stereocenters. The van der Waals surface area contributed by atoms with Crippen molar-refractivity contribution >= 4 is 23.6 Å². The van der Waals surface area contributed by atoms with Crippen molar-refractivity contribution < 1.29 is 19.1 Å². The van der Waals surface area contributed by atoms with Gasteiger partial charge in [0.05, 0.1) is 29.4 Å². The van der Waals surface area contributed by atoms with Crippen molar-refractivity contribution in [1.82, 2.24) is 14.8 Å². The van der Waals surface area contributed by atoms with Gasteiger partial charge in [-0.25, -0.2) is 4.79 Å². The number of pyridine rings is 1. The van der Waals surface area contributed by atoms with Crippen LogP contribution in [0, 0.1) is 0 Å². The number of rotatable bonds is 2. The lowest BCUT2D eigenvalue weighted by molar-refractivity contribution is -0.172. The Bertz CT molecular complexity index is 694. The molecule has 1 aromatic rings. The smallest absolute Gasteiger partial charge is 0.410 e. The van der Waals surface area contributed by atoms with Crippen LogP contribution in [0.5, 0.6) is 0 Å². The fourth-order valence-electron chi connectivity index (χ4n) is 3.35. The Morgan fingerprint density at radius 2 is 2.04 bits per heavy atom. The van der Waals surface area contributed by atoms with Crippen molar-refractivity contribution in [2.24, 2.45) is 0 Å². The van der Waals surface area contributed by atoms with Crippen LogP contribution in [0.4, 0.5) is 4.79 Å². The number of amides is 2. The van der Waals surface area contributed by atoms with Crippen LogP contribution in [0.3, 0.4) is 0 Å². The molecular formula is C19H26ClN3O4. The molecule has 0 radical (unpaired) electrons. The van der Waals surface area contributed by atoms with Gasteiger partial charge in [-0.2, -0.15) is 0 Å². The molecule has 2 saturated heterocycles. The molecule has 0 saturated carbocycles. The third-order valence-corrected chi connectivity index (χ3v) is 5.02. The van der Waals surface area contributed by atoms with Crippen LogP contribution in [-0.4, -0.2) is 64.2 Å². The van der Waals surface area contributed by atoms with Crippen LogP contribution in [0.1, 0.15) is 39.3 Å². The summed E-state index contributed by atoms with van der Waals surface area (Å²) in [5.41, 5.74) is -0.141. The van der Waals surface area contributed by atoms with Crippen LogP contribution in [0.2, 0.25) is 5.02 Å². The summed E-state index contributed by atoms with van der Waals surface area (Å²) in [5, 5.41) is 0.568. The van der Waals surface area contributed by atoms with E-state index >= 15 is 0 Å². The molecule has 0 bridgehead atoms. The maximum absolute atomic E-state index is 12.3. The molecule has 3 rings (SSSR count). The molecule has 1 aromatic heterocycles. The predicted molar refractivity (Wildman–Crippen MR) is 100 cm³/mol. The van der Waals surface area contributed by atoms with Crippen molar-refractivity contribution in [2.45, 2.75) is 51.4 Å². The quantitative estimate of drug-likeness (QED) is 0.769. The van der Waals surface area contributed by atoms with Crippen molar-refractivity contribution in [2.75, 3.05) is 26.2 Å². The Hall–Kier alpha value is -1.86. The molecular weight excluding hydrogens is 370 g/mol. The van der Waals surface area contributed by atoms with Crippen LogP contribution in [0.25, 0.3) is 0 Å². The Morgan fingerprint density at radius 3 is 2.63 bits per heavy atom. The largest absolute Gasteiger partial charge is 0.444 e. The van der Waals surface area contributed by atoms with E-state index in [2.05, 4.69) is 4.98 Å². The highest BCUT2D eigenvalue weighted by Crippen LogP contribution is 2.31. The minimum Gasteiger partial charge on any atom is -0.444 e. The number of likely N-dealkylation sites (tertiary alicyclic amines) is 1. The zero-order chi connectivity index (χ0) is 19.7. The first-order chi connectivity index (χ1) is 12.7. The number of piperidine rings is 1. The van der Waals surface area contributed by atoms with Gasteiger partial charge in [0.2, 0.25) is 5.91 Å². The molecule has 27 heavy (non-hydrogen) atoms. The molecule has 3 heterocycles. The van der Waals surface area contributed by atoms with E-state index in [0.29, 0.717) is 44.0 Å². The molecule has 2 aliphatic rings. The summed E-state index contributed by atoms with van der Waals surface area (Å²) in [6.45, 7) is 7.65. The Balaban J connectivity index is 1.60. The monoisotopic (exact) mass is 395 g/mol. The summed E-state index contributed by atoms with van der Waals surface area (Å²) in [5.74, 6) is -0.0491. The molecule has 2 amide bonds. The number of morpholine rings is 1. The predicted octanol–water partition coefficient (Wildman–Crippen LogP) is 2.86. The second kappa shape index (κ2) is 7.64. The summed E-state index contributed by atoms with van der Waals surface area (Å²) in [6, 6.07) is 3.59. The topological polar surface area (TPSA) is 72.0 Å². The average molecular weight is 396 g/mol. The fraction of sp³-hybridized carbons (Fsp3) is 0.632. The van der Waals surface area contributed by atoms with E-state index in [-0.39, 0.29) is 18.6 Å². The van der Waals surface area contributed by atoms with E-state index in [0.717, 1.165) is 5.69 Å². The first kappa shape index (κ1) is 19.9. The highest BCUT2D eigenvalue weighted by Gasteiger charge is 2.43. The lowest BCUT2D eigenvalue weighted by Crippen LogP contribution is -2.59. The molecule has 8 heteroatoms. The van der Waals surface area contributed by atoms with Gasteiger partial charge >= 0.3 is 6.09 Å². The van der Waals surface area contributed by atoms with Crippen molar-refractivity contribution in [3.8, 4) is 0 Å². The minimum atomic E-state index is -0.512. The van der Waals surface area contributed by atoms with Gasteiger partial charge in [-0.3, -0.25) is 9.78 Å². The highest BCUT2D eigenvalue weighted by atomic mass is 35.5. The summed E-state index contributed by atoms with van der Waals surface area (Å²) in [6.07, 6.45) is 2.62.